The highest BCUT2D eigenvalue weighted by molar-refractivity contribution is 6.31. The van der Waals surface area contributed by atoms with Crippen LogP contribution in [0, 0.1) is 11.3 Å². The minimum absolute atomic E-state index is 0.105. The van der Waals surface area contributed by atoms with Crippen molar-refractivity contribution in [3.63, 3.8) is 0 Å². The van der Waals surface area contributed by atoms with Gasteiger partial charge in [0.25, 0.3) is 5.56 Å². The molecule has 0 spiro atoms. The van der Waals surface area contributed by atoms with Gasteiger partial charge in [-0.3, -0.25) is 13.9 Å². The maximum absolute atomic E-state index is 11.9. The Kier molecular flexibility index (Phi) is 4.15. The van der Waals surface area contributed by atoms with Crippen LogP contribution < -0.4 is 16.6 Å². The summed E-state index contributed by atoms with van der Waals surface area (Å²) in [6.45, 7) is 0.300. The first-order chi connectivity index (χ1) is 9.97. The van der Waals surface area contributed by atoms with Gasteiger partial charge in [-0.2, -0.15) is 5.26 Å². The molecule has 0 aliphatic carbocycles. The van der Waals surface area contributed by atoms with Crippen molar-refractivity contribution in [2.24, 2.45) is 14.1 Å². The molecule has 21 heavy (non-hydrogen) atoms. The first-order valence-corrected chi connectivity index (χ1v) is 6.52. The van der Waals surface area contributed by atoms with E-state index < -0.39 is 11.2 Å². The highest BCUT2D eigenvalue weighted by Gasteiger charge is 2.15. The molecule has 0 amide bonds. The molecule has 6 nitrogen and oxygen atoms in total. The lowest BCUT2D eigenvalue weighted by atomic mass is 10.2. The molecule has 0 bridgehead atoms. The number of aromatic nitrogens is 2. The molecule has 0 aliphatic rings. The molecule has 0 atom stereocenters. The van der Waals surface area contributed by atoms with E-state index in [1.54, 1.807) is 12.1 Å². The molecule has 0 fully saturated rings. The Labute approximate surface area is 125 Å². The summed E-state index contributed by atoms with van der Waals surface area (Å²) < 4.78 is 2.13. The molecule has 0 saturated carbocycles. The Bertz CT molecular complexity index is 846. The van der Waals surface area contributed by atoms with E-state index in [0.717, 1.165) is 10.1 Å². The van der Waals surface area contributed by atoms with Crippen LogP contribution >= 0.6 is 11.6 Å². The average Bonchev–Trinajstić information content (AvgIpc) is 2.49. The van der Waals surface area contributed by atoms with Gasteiger partial charge in [-0.1, -0.05) is 29.8 Å². The van der Waals surface area contributed by atoms with Crippen LogP contribution in [0.3, 0.4) is 0 Å². The van der Waals surface area contributed by atoms with Crippen LogP contribution in [0.15, 0.2) is 33.9 Å². The number of hydrogen-bond acceptors (Lipinski definition) is 4. The summed E-state index contributed by atoms with van der Waals surface area (Å²) in [5.74, 6) is 0.186. The molecule has 1 aromatic carbocycles. The monoisotopic (exact) mass is 304 g/mol. The van der Waals surface area contributed by atoms with Crippen molar-refractivity contribution in [3.8, 4) is 6.07 Å². The van der Waals surface area contributed by atoms with Crippen molar-refractivity contribution in [3.05, 3.63) is 61.3 Å². The maximum Gasteiger partial charge on any atom is 0.332 e. The summed E-state index contributed by atoms with van der Waals surface area (Å²) >= 11 is 6.05. The van der Waals surface area contributed by atoms with Crippen LogP contribution in [-0.4, -0.2) is 9.13 Å². The largest absolute Gasteiger partial charge is 0.366 e. The Morgan fingerprint density at radius 2 is 1.90 bits per heavy atom. The van der Waals surface area contributed by atoms with Gasteiger partial charge in [0.15, 0.2) is 5.56 Å². The summed E-state index contributed by atoms with van der Waals surface area (Å²) in [6.07, 6.45) is 0. The van der Waals surface area contributed by atoms with Gasteiger partial charge in [0.1, 0.15) is 11.9 Å². The third-order valence-corrected chi connectivity index (χ3v) is 3.55. The minimum Gasteiger partial charge on any atom is -0.366 e. The van der Waals surface area contributed by atoms with Gasteiger partial charge >= 0.3 is 5.69 Å². The van der Waals surface area contributed by atoms with E-state index in [9.17, 15) is 9.59 Å². The molecule has 7 heteroatoms. The number of anilines is 1. The van der Waals surface area contributed by atoms with Gasteiger partial charge in [0, 0.05) is 25.7 Å². The quantitative estimate of drug-likeness (QED) is 0.924. The Balaban J connectivity index is 2.47. The van der Waals surface area contributed by atoms with Crippen molar-refractivity contribution in [1.82, 2.24) is 9.13 Å². The van der Waals surface area contributed by atoms with Crippen molar-refractivity contribution >= 4 is 17.4 Å². The Morgan fingerprint density at radius 1 is 1.24 bits per heavy atom. The van der Waals surface area contributed by atoms with E-state index in [4.69, 9.17) is 16.9 Å². The predicted molar refractivity (Wildman–Crippen MR) is 80.4 cm³/mol. The molecule has 1 N–H and O–H groups in total. The zero-order valence-electron chi connectivity index (χ0n) is 11.6. The first kappa shape index (κ1) is 14.9. The predicted octanol–water partition coefficient (Wildman–Crippen LogP) is 1.22. The molecule has 1 aromatic heterocycles. The second-order valence-corrected chi connectivity index (χ2v) is 4.89. The Hall–Kier alpha value is -2.52. The van der Waals surface area contributed by atoms with Crippen LogP contribution in [-0.2, 0) is 20.6 Å². The van der Waals surface area contributed by atoms with Gasteiger partial charge in [0.2, 0.25) is 0 Å². The zero-order valence-corrected chi connectivity index (χ0v) is 12.3. The SMILES string of the molecule is Cn1c(NCc2ccccc2Cl)c(C#N)c(=O)n(C)c1=O. The highest BCUT2D eigenvalue weighted by atomic mass is 35.5. The lowest BCUT2D eigenvalue weighted by Gasteiger charge is -2.14. The fraction of sp³-hybridized carbons (Fsp3) is 0.214. The van der Waals surface area contributed by atoms with Crippen LogP contribution in [0.1, 0.15) is 11.1 Å². The van der Waals surface area contributed by atoms with Gasteiger partial charge < -0.3 is 5.32 Å². The van der Waals surface area contributed by atoms with E-state index in [1.807, 2.05) is 18.2 Å². The normalized spacial score (nSPS) is 10.2. The number of nitrogens with zero attached hydrogens (tertiary/aromatic N) is 3. The number of hydrogen-bond donors (Lipinski definition) is 1. The summed E-state index contributed by atoms with van der Waals surface area (Å²) in [6, 6.07) is 9.03. The molecule has 0 saturated heterocycles. The van der Waals surface area contributed by atoms with E-state index in [1.165, 1.54) is 18.7 Å². The lowest BCUT2D eigenvalue weighted by Crippen LogP contribution is -2.39. The molecular weight excluding hydrogens is 292 g/mol. The molecular formula is C14H13ClN4O2. The minimum atomic E-state index is -0.623. The summed E-state index contributed by atoms with van der Waals surface area (Å²) in [4.78, 5) is 23.8. The van der Waals surface area contributed by atoms with Crippen LogP contribution in [0.4, 0.5) is 5.82 Å². The first-order valence-electron chi connectivity index (χ1n) is 6.14. The number of halogens is 1. The average molecular weight is 305 g/mol. The smallest absolute Gasteiger partial charge is 0.332 e. The van der Waals surface area contributed by atoms with Gasteiger partial charge in [0.05, 0.1) is 0 Å². The van der Waals surface area contributed by atoms with E-state index in [2.05, 4.69) is 5.32 Å². The van der Waals surface area contributed by atoms with Crippen molar-refractivity contribution < 1.29 is 0 Å². The number of nitrogens with one attached hydrogen (secondary N) is 1. The fourth-order valence-electron chi connectivity index (χ4n) is 1.97. The van der Waals surface area contributed by atoms with Crippen LogP contribution in [0.2, 0.25) is 5.02 Å². The van der Waals surface area contributed by atoms with Crippen molar-refractivity contribution in [2.75, 3.05) is 5.32 Å². The Morgan fingerprint density at radius 3 is 2.52 bits per heavy atom. The van der Waals surface area contributed by atoms with Gasteiger partial charge in [-0.05, 0) is 11.6 Å². The molecule has 2 rings (SSSR count). The van der Waals surface area contributed by atoms with Gasteiger partial charge in [-0.15, -0.1) is 0 Å². The summed E-state index contributed by atoms with van der Waals surface area (Å²) in [5, 5.41) is 12.7. The number of rotatable bonds is 3. The summed E-state index contributed by atoms with van der Waals surface area (Å²) in [5.41, 5.74) is -0.425. The van der Waals surface area contributed by atoms with Crippen LogP contribution in [0.5, 0.6) is 0 Å². The number of benzene rings is 1. The topological polar surface area (TPSA) is 79.8 Å². The molecule has 1 heterocycles. The molecule has 0 radical (unpaired) electrons. The third-order valence-electron chi connectivity index (χ3n) is 3.18. The fourth-order valence-corrected chi connectivity index (χ4v) is 2.18. The van der Waals surface area contributed by atoms with Crippen molar-refractivity contribution in [2.45, 2.75) is 6.54 Å². The second-order valence-electron chi connectivity index (χ2n) is 4.49. The lowest BCUT2D eigenvalue weighted by molar-refractivity contribution is 0.685. The van der Waals surface area contributed by atoms with E-state index in [-0.39, 0.29) is 11.4 Å². The van der Waals surface area contributed by atoms with E-state index >= 15 is 0 Å². The second kappa shape index (κ2) is 5.85. The van der Waals surface area contributed by atoms with Gasteiger partial charge in [-0.25, -0.2) is 4.79 Å². The van der Waals surface area contributed by atoms with E-state index in [0.29, 0.717) is 11.6 Å². The highest BCUT2D eigenvalue weighted by Crippen LogP contribution is 2.17. The standard InChI is InChI=1S/C14H13ClN4O2/c1-18-12(10(7-16)13(20)19(2)14(18)21)17-8-9-5-3-4-6-11(9)15/h3-6,17H,8H2,1-2H3. The molecule has 0 unspecified atom stereocenters. The van der Waals surface area contributed by atoms with Crippen molar-refractivity contribution in [1.29, 1.82) is 5.26 Å². The molecule has 2 aromatic rings. The third kappa shape index (κ3) is 2.69. The maximum atomic E-state index is 11.9. The van der Waals surface area contributed by atoms with Crippen LogP contribution in [0.25, 0.3) is 0 Å². The zero-order chi connectivity index (χ0) is 15.6. The number of nitriles is 1. The molecule has 108 valence electrons. The molecule has 0 aliphatic heterocycles. The summed E-state index contributed by atoms with van der Waals surface area (Å²) in [7, 11) is 2.83.